The van der Waals surface area contributed by atoms with Gasteiger partial charge in [-0.3, -0.25) is 4.79 Å². The Morgan fingerprint density at radius 3 is 2.70 bits per heavy atom. The van der Waals surface area contributed by atoms with E-state index in [1.807, 2.05) is 5.32 Å². The Balaban J connectivity index is 1.96. The van der Waals surface area contributed by atoms with Crippen molar-refractivity contribution >= 4 is 5.91 Å². The molecule has 0 radical (unpaired) electrons. The van der Waals surface area contributed by atoms with Crippen LogP contribution in [-0.4, -0.2) is 28.3 Å². The van der Waals surface area contributed by atoms with E-state index in [1.165, 1.54) is 18.3 Å². The van der Waals surface area contributed by atoms with Gasteiger partial charge in [0.05, 0.1) is 16.8 Å². The zero-order valence-electron chi connectivity index (χ0n) is 15.4. The summed E-state index contributed by atoms with van der Waals surface area (Å²) >= 11 is 0. The predicted molar refractivity (Wildman–Crippen MR) is 91.4 cm³/mol. The van der Waals surface area contributed by atoms with E-state index in [9.17, 15) is 18.0 Å². The zero-order valence-corrected chi connectivity index (χ0v) is 15.4. The number of nitrogens with zero attached hydrogens (tertiary/aromatic N) is 2. The van der Waals surface area contributed by atoms with E-state index < -0.39 is 18.1 Å². The number of ether oxygens (including phenoxy) is 1. The maximum atomic E-state index is 12.5. The molecule has 148 valence electrons. The van der Waals surface area contributed by atoms with Gasteiger partial charge in [0.25, 0.3) is 5.91 Å². The first-order valence-electron chi connectivity index (χ1n) is 8.62. The van der Waals surface area contributed by atoms with Crippen molar-refractivity contribution in [2.24, 2.45) is 0 Å². The van der Waals surface area contributed by atoms with Gasteiger partial charge >= 0.3 is 6.18 Å². The number of hydrogen-bond donors (Lipinski definition) is 1. The van der Waals surface area contributed by atoms with Crippen LogP contribution in [0.1, 0.15) is 54.1 Å². The number of carbonyl (C=O) groups excluding carboxylic acids is 1. The topological polar surface area (TPSA) is 77.2 Å². The van der Waals surface area contributed by atoms with Gasteiger partial charge in [0.15, 0.2) is 0 Å². The Morgan fingerprint density at radius 1 is 1.37 bits per heavy atom. The van der Waals surface area contributed by atoms with Gasteiger partial charge in [0, 0.05) is 12.3 Å². The zero-order chi connectivity index (χ0) is 20.0. The molecule has 0 aromatic carbocycles. The number of nitrogens with one attached hydrogen (secondary N) is 1. The van der Waals surface area contributed by atoms with Crippen LogP contribution >= 0.6 is 0 Å². The second-order valence-electron chi connectivity index (χ2n) is 6.18. The number of aryl methyl sites for hydroxylation is 2. The lowest BCUT2D eigenvalue weighted by Gasteiger charge is -2.17. The molecule has 0 aliphatic rings. The summed E-state index contributed by atoms with van der Waals surface area (Å²) < 4.78 is 48.3. The molecule has 1 atom stereocenters. The van der Waals surface area contributed by atoms with E-state index >= 15 is 0 Å². The van der Waals surface area contributed by atoms with Gasteiger partial charge in [0.1, 0.15) is 18.4 Å². The SMILES string of the molecule is CCCCc1noc(C)c1COc1ccc(C(=O)N[C@@H](C)C(F)(F)F)cn1. The molecule has 1 N–H and O–H groups in total. The molecule has 2 aromatic rings. The summed E-state index contributed by atoms with van der Waals surface area (Å²) in [6, 6.07) is 0.847. The average molecular weight is 385 g/mol. The Labute approximate surface area is 155 Å². The lowest BCUT2D eigenvalue weighted by atomic mass is 10.1. The van der Waals surface area contributed by atoms with E-state index in [1.54, 1.807) is 6.92 Å². The molecule has 0 fully saturated rings. The number of halogens is 3. The molecule has 0 bridgehead atoms. The molecular weight excluding hydrogens is 363 g/mol. The number of aromatic nitrogens is 2. The van der Waals surface area contributed by atoms with Crippen LogP contribution in [0.5, 0.6) is 5.88 Å². The van der Waals surface area contributed by atoms with Crippen LogP contribution < -0.4 is 10.1 Å². The summed E-state index contributed by atoms with van der Waals surface area (Å²) in [5.74, 6) is 0.0614. The summed E-state index contributed by atoms with van der Waals surface area (Å²) in [6.45, 7) is 4.96. The van der Waals surface area contributed by atoms with Crippen LogP contribution in [0.25, 0.3) is 0 Å². The predicted octanol–water partition coefficient (Wildman–Crippen LogP) is 3.98. The molecule has 2 heterocycles. The van der Waals surface area contributed by atoms with Gasteiger partial charge in [-0.15, -0.1) is 0 Å². The number of pyridine rings is 1. The van der Waals surface area contributed by atoms with Crippen molar-refractivity contribution in [2.45, 2.75) is 58.9 Å². The Morgan fingerprint density at radius 2 is 2.11 bits per heavy atom. The van der Waals surface area contributed by atoms with Gasteiger partial charge in [-0.1, -0.05) is 18.5 Å². The molecule has 2 rings (SSSR count). The highest BCUT2D eigenvalue weighted by atomic mass is 19.4. The van der Waals surface area contributed by atoms with Gasteiger partial charge in [0.2, 0.25) is 5.88 Å². The second kappa shape index (κ2) is 8.88. The molecule has 2 aromatic heterocycles. The first-order chi connectivity index (χ1) is 12.7. The monoisotopic (exact) mass is 385 g/mol. The number of amides is 1. The maximum Gasteiger partial charge on any atom is 0.408 e. The fourth-order valence-corrected chi connectivity index (χ4v) is 2.27. The molecule has 0 saturated carbocycles. The third kappa shape index (κ3) is 5.70. The molecule has 0 saturated heterocycles. The van der Waals surface area contributed by atoms with Crippen molar-refractivity contribution in [2.75, 3.05) is 0 Å². The Bertz CT molecular complexity index is 757. The highest BCUT2D eigenvalue weighted by Gasteiger charge is 2.37. The summed E-state index contributed by atoms with van der Waals surface area (Å²) in [7, 11) is 0. The Hall–Kier alpha value is -2.58. The molecule has 27 heavy (non-hydrogen) atoms. The highest BCUT2D eigenvalue weighted by molar-refractivity contribution is 5.94. The summed E-state index contributed by atoms with van der Waals surface area (Å²) in [5.41, 5.74) is 1.71. The van der Waals surface area contributed by atoms with Crippen molar-refractivity contribution in [3.63, 3.8) is 0 Å². The minimum Gasteiger partial charge on any atom is -0.473 e. The smallest absolute Gasteiger partial charge is 0.408 e. The quantitative estimate of drug-likeness (QED) is 0.744. The largest absolute Gasteiger partial charge is 0.473 e. The van der Waals surface area contributed by atoms with Gasteiger partial charge in [-0.25, -0.2) is 4.98 Å². The number of hydrogen-bond acceptors (Lipinski definition) is 5. The lowest BCUT2D eigenvalue weighted by Crippen LogP contribution is -2.43. The number of alkyl halides is 3. The van der Waals surface area contributed by atoms with Crippen LogP contribution in [0, 0.1) is 6.92 Å². The summed E-state index contributed by atoms with van der Waals surface area (Å²) in [4.78, 5) is 15.8. The van der Waals surface area contributed by atoms with Gasteiger partial charge in [-0.2, -0.15) is 13.2 Å². The van der Waals surface area contributed by atoms with E-state index in [0.717, 1.165) is 37.4 Å². The number of carbonyl (C=O) groups is 1. The van der Waals surface area contributed by atoms with Crippen molar-refractivity contribution in [1.29, 1.82) is 0 Å². The summed E-state index contributed by atoms with van der Waals surface area (Å²) in [6.07, 6.45) is -0.525. The molecule has 1 amide bonds. The van der Waals surface area contributed by atoms with E-state index in [2.05, 4.69) is 17.1 Å². The van der Waals surface area contributed by atoms with Crippen molar-refractivity contribution in [3.8, 4) is 5.88 Å². The second-order valence-corrected chi connectivity index (χ2v) is 6.18. The minimum atomic E-state index is -4.50. The molecule has 0 unspecified atom stereocenters. The van der Waals surface area contributed by atoms with E-state index in [-0.39, 0.29) is 18.1 Å². The van der Waals surface area contributed by atoms with Crippen molar-refractivity contribution in [1.82, 2.24) is 15.5 Å². The standard InChI is InChI=1S/C18H22F3N3O3/c1-4-5-6-15-14(11(2)27-24-15)10-26-16-8-7-13(9-22-16)17(25)23-12(3)18(19,20)21/h7-9,12H,4-6,10H2,1-3H3,(H,23,25)/t12-/m0/s1. The Kier molecular flexibility index (Phi) is 6.81. The third-order valence-corrected chi connectivity index (χ3v) is 4.03. The molecule has 0 aliphatic carbocycles. The van der Waals surface area contributed by atoms with Crippen molar-refractivity contribution < 1.29 is 27.2 Å². The third-order valence-electron chi connectivity index (χ3n) is 4.03. The van der Waals surface area contributed by atoms with Crippen LogP contribution in [0.2, 0.25) is 0 Å². The molecule has 6 nitrogen and oxygen atoms in total. The normalized spacial score (nSPS) is 12.7. The summed E-state index contributed by atoms with van der Waals surface area (Å²) in [5, 5.41) is 5.91. The fraction of sp³-hybridized carbons (Fsp3) is 0.500. The van der Waals surface area contributed by atoms with Gasteiger partial charge < -0.3 is 14.6 Å². The number of unbranched alkanes of at least 4 members (excludes halogenated alkanes) is 1. The molecule has 0 aliphatic heterocycles. The van der Waals surface area contributed by atoms with E-state index in [4.69, 9.17) is 9.26 Å². The highest BCUT2D eigenvalue weighted by Crippen LogP contribution is 2.21. The number of rotatable bonds is 8. The first kappa shape index (κ1) is 20.7. The van der Waals surface area contributed by atoms with Crippen molar-refractivity contribution in [3.05, 3.63) is 40.9 Å². The van der Waals surface area contributed by atoms with Gasteiger partial charge in [-0.05, 0) is 32.8 Å². The van der Waals surface area contributed by atoms with Crippen LogP contribution in [-0.2, 0) is 13.0 Å². The lowest BCUT2D eigenvalue weighted by molar-refractivity contribution is -0.149. The first-order valence-corrected chi connectivity index (χ1v) is 8.62. The van der Waals surface area contributed by atoms with Crippen LogP contribution in [0.3, 0.4) is 0 Å². The van der Waals surface area contributed by atoms with Crippen LogP contribution in [0.4, 0.5) is 13.2 Å². The average Bonchev–Trinajstić information content (AvgIpc) is 2.97. The molecule has 9 heteroatoms. The fourth-order valence-electron chi connectivity index (χ4n) is 2.27. The van der Waals surface area contributed by atoms with Crippen LogP contribution in [0.15, 0.2) is 22.9 Å². The molecule has 0 spiro atoms. The molecular formula is C18H22F3N3O3. The maximum absolute atomic E-state index is 12.5. The minimum absolute atomic E-state index is 0.0169. The van der Waals surface area contributed by atoms with E-state index in [0.29, 0.717) is 5.76 Å².